The molecule has 0 spiro atoms. The molecule has 3 rings (SSSR count). The number of carbonyl (C=O) groups is 1. The lowest BCUT2D eigenvalue weighted by molar-refractivity contribution is 0.0660. The van der Waals surface area contributed by atoms with E-state index in [0.717, 1.165) is 43.0 Å². The number of carbonyl (C=O) groups excluding carboxylic acids is 1. The molecule has 142 valence electrons. The van der Waals surface area contributed by atoms with Crippen molar-refractivity contribution in [1.29, 1.82) is 0 Å². The predicted molar refractivity (Wildman–Crippen MR) is 105 cm³/mol. The van der Waals surface area contributed by atoms with E-state index in [4.69, 9.17) is 5.73 Å². The molecular formula is C20H27ClFN3O. The maximum Gasteiger partial charge on any atom is 0.255 e. The molecular weight excluding hydrogens is 353 g/mol. The lowest BCUT2D eigenvalue weighted by atomic mass is 9.92. The Labute approximate surface area is 160 Å². The molecule has 1 amide bonds. The summed E-state index contributed by atoms with van der Waals surface area (Å²) in [5.41, 5.74) is 9.47. The van der Waals surface area contributed by atoms with Gasteiger partial charge in [-0.3, -0.25) is 4.79 Å². The SMILES string of the molecule is Cc1cc(C(=O)N2CCCC(C(C)N)C2)c(C)n1-c1ccc(F)cc1.Cl. The Morgan fingerprint density at radius 1 is 1.27 bits per heavy atom. The molecule has 1 aromatic carbocycles. The van der Waals surface area contributed by atoms with Crippen LogP contribution in [0, 0.1) is 25.6 Å². The lowest BCUT2D eigenvalue weighted by Gasteiger charge is -2.34. The average Bonchev–Trinajstić information content (AvgIpc) is 2.90. The van der Waals surface area contributed by atoms with E-state index in [1.54, 1.807) is 12.1 Å². The van der Waals surface area contributed by atoms with Gasteiger partial charge in [0.15, 0.2) is 0 Å². The third kappa shape index (κ3) is 3.94. The van der Waals surface area contributed by atoms with Gasteiger partial charge in [-0.2, -0.15) is 0 Å². The van der Waals surface area contributed by atoms with Crippen molar-refractivity contribution in [3.63, 3.8) is 0 Å². The number of nitrogens with zero attached hydrogens (tertiary/aromatic N) is 2. The van der Waals surface area contributed by atoms with Crippen molar-refractivity contribution >= 4 is 18.3 Å². The van der Waals surface area contributed by atoms with Crippen molar-refractivity contribution in [1.82, 2.24) is 9.47 Å². The van der Waals surface area contributed by atoms with Gasteiger partial charge in [-0.05, 0) is 69.9 Å². The van der Waals surface area contributed by atoms with Gasteiger partial charge in [0.25, 0.3) is 5.91 Å². The molecule has 0 radical (unpaired) electrons. The van der Waals surface area contributed by atoms with Gasteiger partial charge >= 0.3 is 0 Å². The number of hydrogen-bond donors (Lipinski definition) is 1. The Morgan fingerprint density at radius 2 is 1.92 bits per heavy atom. The van der Waals surface area contributed by atoms with Crippen molar-refractivity contribution < 1.29 is 9.18 Å². The number of halogens is 2. The first-order chi connectivity index (χ1) is 11.9. The molecule has 1 saturated heterocycles. The molecule has 2 atom stereocenters. The molecule has 6 heteroatoms. The van der Waals surface area contributed by atoms with Crippen LogP contribution in [-0.2, 0) is 0 Å². The topological polar surface area (TPSA) is 51.3 Å². The van der Waals surface area contributed by atoms with E-state index < -0.39 is 0 Å². The molecule has 0 bridgehead atoms. The molecule has 26 heavy (non-hydrogen) atoms. The van der Waals surface area contributed by atoms with E-state index in [0.29, 0.717) is 11.5 Å². The zero-order valence-electron chi connectivity index (χ0n) is 15.5. The number of benzene rings is 1. The number of aryl methyl sites for hydroxylation is 1. The minimum absolute atomic E-state index is 0. The highest BCUT2D eigenvalue weighted by Crippen LogP contribution is 2.25. The normalized spacial score (nSPS) is 18.3. The van der Waals surface area contributed by atoms with Crippen molar-refractivity contribution in [2.75, 3.05) is 13.1 Å². The molecule has 2 unspecified atom stereocenters. The molecule has 0 aliphatic carbocycles. The second kappa shape index (κ2) is 8.23. The predicted octanol–water partition coefficient (Wildman–Crippen LogP) is 3.85. The van der Waals surface area contributed by atoms with Crippen LogP contribution in [0.3, 0.4) is 0 Å². The zero-order chi connectivity index (χ0) is 18.1. The van der Waals surface area contributed by atoms with E-state index in [1.807, 2.05) is 36.3 Å². The van der Waals surface area contributed by atoms with Gasteiger partial charge in [0.05, 0.1) is 5.56 Å². The maximum atomic E-state index is 13.2. The first-order valence-electron chi connectivity index (χ1n) is 8.88. The third-order valence-corrected chi connectivity index (χ3v) is 5.23. The fourth-order valence-electron chi connectivity index (χ4n) is 3.76. The fourth-order valence-corrected chi connectivity index (χ4v) is 3.76. The summed E-state index contributed by atoms with van der Waals surface area (Å²) < 4.78 is 15.2. The van der Waals surface area contributed by atoms with E-state index in [9.17, 15) is 9.18 Å². The summed E-state index contributed by atoms with van der Waals surface area (Å²) in [6.07, 6.45) is 2.07. The number of aromatic nitrogens is 1. The van der Waals surface area contributed by atoms with Gasteiger partial charge in [-0.25, -0.2) is 4.39 Å². The average molecular weight is 380 g/mol. The molecule has 4 nitrogen and oxygen atoms in total. The molecule has 0 saturated carbocycles. The molecule has 2 heterocycles. The van der Waals surface area contributed by atoms with Crippen molar-refractivity contribution in [2.24, 2.45) is 11.7 Å². The summed E-state index contributed by atoms with van der Waals surface area (Å²) in [7, 11) is 0. The quantitative estimate of drug-likeness (QED) is 0.880. The zero-order valence-corrected chi connectivity index (χ0v) is 16.4. The van der Waals surface area contributed by atoms with Crippen LogP contribution >= 0.6 is 12.4 Å². The summed E-state index contributed by atoms with van der Waals surface area (Å²) >= 11 is 0. The highest BCUT2D eigenvalue weighted by molar-refractivity contribution is 5.96. The highest BCUT2D eigenvalue weighted by atomic mass is 35.5. The number of piperidine rings is 1. The van der Waals surface area contributed by atoms with Crippen LogP contribution in [0.2, 0.25) is 0 Å². The minimum atomic E-state index is -0.266. The number of nitrogens with two attached hydrogens (primary N) is 1. The first-order valence-corrected chi connectivity index (χ1v) is 8.88. The second-order valence-corrected chi connectivity index (χ2v) is 7.11. The lowest BCUT2D eigenvalue weighted by Crippen LogP contribution is -2.45. The summed E-state index contributed by atoms with van der Waals surface area (Å²) in [5.74, 6) is 0.155. The van der Waals surface area contributed by atoms with Gasteiger partial charge in [-0.1, -0.05) is 0 Å². The van der Waals surface area contributed by atoms with Crippen molar-refractivity contribution in [3.05, 3.63) is 53.1 Å². The number of hydrogen-bond acceptors (Lipinski definition) is 2. The molecule has 1 aliphatic rings. The standard InChI is InChI=1S/C20H26FN3O.ClH/c1-13-11-19(15(3)24(13)18-8-6-17(21)7-9-18)20(25)23-10-4-5-16(12-23)14(2)22;/h6-9,11,14,16H,4-5,10,12,22H2,1-3H3;1H. The van der Waals surface area contributed by atoms with Crippen LogP contribution < -0.4 is 5.73 Å². The van der Waals surface area contributed by atoms with E-state index in [1.165, 1.54) is 12.1 Å². The van der Waals surface area contributed by atoms with Crippen LogP contribution in [0.25, 0.3) is 5.69 Å². The van der Waals surface area contributed by atoms with Crippen molar-refractivity contribution in [3.8, 4) is 5.69 Å². The highest BCUT2D eigenvalue weighted by Gasteiger charge is 2.28. The van der Waals surface area contributed by atoms with Gasteiger partial charge in [0.2, 0.25) is 0 Å². The summed E-state index contributed by atoms with van der Waals surface area (Å²) in [6.45, 7) is 7.42. The smallest absolute Gasteiger partial charge is 0.255 e. The minimum Gasteiger partial charge on any atom is -0.338 e. The first kappa shape index (κ1) is 20.5. The Hall–Kier alpha value is -1.85. The van der Waals surface area contributed by atoms with Crippen LogP contribution in [0.4, 0.5) is 4.39 Å². The summed E-state index contributed by atoms with van der Waals surface area (Å²) in [4.78, 5) is 15.0. The monoisotopic (exact) mass is 379 g/mol. The Kier molecular flexibility index (Phi) is 6.48. The Morgan fingerprint density at radius 3 is 2.54 bits per heavy atom. The molecule has 1 aliphatic heterocycles. The van der Waals surface area contributed by atoms with Crippen LogP contribution in [0.1, 0.15) is 41.5 Å². The number of amides is 1. The Bertz CT molecular complexity index is 770. The molecule has 1 aromatic heterocycles. The van der Waals surface area contributed by atoms with Gasteiger partial charge in [0.1, 0.15) is 5.82 Å². The number of rotatable bonds is 3. The fraction of sp³-hybridized carbons (Fsp3) is 0.450. The van der Waals surface area contributed by atoms with Crippen LogP contribution in [0.15, 0.2) is 30.3 Å². The van der Waals surface area contributed by atoms with E-state index in [-0.39, 0.29) is 30.2 Å². The molecule has 1 fully saturated rings. The van der Waals surface area contributed by atoms with Gasteiger partial charge in [-0.15, -0.1) is 12.4 Å². The van der Waals surface area contributed by atoms with Crippen molar-refractivity contribution in [2.45, 2.75) is 39.7 Å². The molecule has 2 aromatic rings. The van der Waals surface area contributed by atoms with Crippen LogP contribution in [0.5, 0.6) is 0 Å². The maximum absolute atomic E-state index is 13.2. The summed E-state index contributed by atoms with van der Waals surface area (Å²) in [5, 5.41) is 0. The summed E-state index contributed by atoms with van der Waals surface area (Å²) in [6, 6.07) is 8.37. The number of likely N-dealkylation sites (tertiary alicyclic amines) is 1. The largest absolute Gasteiger partial charge is 0.338 e. The Balaban J connectivity index is 0.00000243. The van der Waals surface area contributed by atoms with E-state index >= 15 is 0 Å². The van der Waals surface area contributed by atoms with Crippen LogP contribution in [-0.4, -0.2) is 34.5 Å². The second-order valence-electron chi connectivity index (χ2n) is 7.11. The van der Waals surface area contributed by atoms with Gasteiger partial charge < -0.3 is 15.2 Å². The molecule has 2 N–H and O–H groups in total. The van der Waals surface area contributed by atoms with E-state index in [2.05, 4.69) is 0 Å². The third-order valence-electron chi connectivity index (χ3n) is 5.23. The van der Waals surface area contributed by atoms with Gasteiger partial charge in [0, 0.05) is 36.2 Å².